The number of nitrogens with one attached hydrogen (secondary N) is 1. The summed E-state index contributed by atoms with van der Waals surface area (Å²) in [5.41, 5.74) is 0.303. The number of nitrogens with zero attached hydrogens (tertiary/aromatic N) is 3. The molecular formula is C15H14N4O4. The Hall–Kier alpha value is -3.03. The number of amides is 1. The highest BCUT2D eigenvalue weighted by atomic mass is 16.6. The SMILES string of the molecule is O=C(Cn1nc(C2CC2)ccc1=O)Nc1ccccc1[N+](=O)[O-]. The van der Waals surface area contributed by atoms with Crippen LogP contribution in [0, 0.1) is 10.1 Å². The highest BCUT2D eigenvalue weighted by molar-refractivity contribution is 5.92. The summed E-state index contributed by atoms with van der Waals surface area (Å²) in [6.07, 6.45) is 2.07. The fourth-order valence-electron chi connectivity index (χ4n) is 2.24. The van der Waals surface area contributed by atoms with Crippen molar-refractivity contribution in [2.75, 3.05) is 5.32 Å². The quantitative estimate of drug-likeness (QED) is 0.667. The fourth-order valence-corrected chi connectivity index (χ4v) is 2.24. The number of nitro groups is 1. The number of hydrogen-bond acceptors (Lipinski definition) is 5. The van der Waals surface area contributed by atoms with E-state index in [0.29, 0.717) is 5.92 Å². The number of carbonyl (C=O) groups excluding carboxylic acids is 1. The van der Waals surface area contributed by atoms with Crippen LogP contribution >= 0.6 is 0 Å². The van der Waals surface area contributed by atoms with Crippen LogP contribution in [0.2, 0.25) is 0 Å². The molecule has 1 aromatic carbocycles. The van der Waals surface area contributed by atoms with Crippen molar-refractivity contribution < 1.29 is 9.72 Å². The Bertz CT molecular complexity index is 826. The van der Waals surface area contributed by atoms with Crippen molar-refractivity contribution in [2.45, 2.75) is 25.3 Å². The van der Waals surface area contributed by atoms with Crippen LogP contribution in [-0.4, -0.2) is 20.6 Å². The highest BCUT2D eigenvalue weighted by Crippen LogP contribution is 2.38. The molecular weight excluding hydrogens is 300 g/mol. The summed E-state index contributed by atoms with van der Waals surface area (Å²) in [6.45, 7) is -0.286. The van der Waals surface area contributed by atoms with Gasteiger partial charge in [0, 0.05) is 18.1 Å². The topological polar surface area (TPSA) is 107 Å². The molecule has 1 N–H and O–H groups in total. The molecule has 8 nitrogen and oxygen atoms in total. The lowest BCUT2D eigenvalue weighted by atomic mass is 10.2. The maximum atomic E-state index is 12.1. The molecule has 1 aliphatic carbocycles. The molecule has 8 heteroatoms. The maximum absolute atomic E-state index is 12.1. The number of rotatable bonds is 5. The summed E-state index contributed by atoms with van der Waals surface area (Å²) < 4.78 is 1.08. The lowest BCUT2D eigenvalue weighted by Crippen LogP contribution is -2.29. The van der Waals surface area contributed by atoms with Gasteiger partial charge < -0.3 is 5.32 Å². The smallest absolute Gasteiger partial charge is 0.292 e. The summed E-state index contributed by atoms with van der Waals surface area (Å²) >= 11 is 0. The summed E-state index contributed by atoms with van der Waals surface area (Å²) in [6, 6.07) is 8.90. The zero-order valence-electron chi connectivity index (χ0n) is 12.1. The number of carbonyl (C=O) groups is 1. The van der Waals surface area contributed by atoms with Crippen LogP contribution in [0.4, 0.5) is 11.4 Å². The number of hydrogen-bond donors (Lipinski definition) is 1. The van der Waals surface area contributed by atoms with Crippen LogP contribution in [-0.2, 0) is 11.3 Å². The van der Waals surface area contributed by atoms with Crippen LogP contribution in [0.5, 0.6) is 0 Å². The number of nitro benzene ring substituents is 1. The fraction of sp³-hybridized carbons (Fsp3) is 0.267. The molecule has 3 rings (SSSR count). The van der Waals surface area contributed by atoms with Crippen LogP contribution in [0.3, 0.4) is 0 Å². The largest absolute Gasteiger partial charge is 0.319 e. The molecule has 0 spiro atoms. The Morgan fingerprint density at radius 2 is 2.04 bits per heavy atom. The molecule has 0 unspecified atom stereocenters. The zero-order valence-corrected chi connectivity index (χ0v) is 12.1. The first-order valence-electron chi connectivity index (χ1n) is 7.16. The van der Waals surface area contributed by atoms with E-state index in [1.54, 1.807) is 12.1 Å². The van der Waals surface area contributed by atoms with Gasteiger partial charge in [0.05, 0.1) is 10.6 Å². The third-order valence-corrected chi connectivity index (χ3v) is 3.55. The molecule has 1 aromatic heterocycles. The second kappa shape index (κ2) is 5.99. The van der Waals surface area contributed by atoms with E-state index >= 15 is 0 Å². The van der Waals surface area contributed by atoms with Gasteiger partial charge in [0.25, 0.3) is 11.2 Å². The van der Waals surface area contributed by atoms with E-state index in [0.717, 1.165) is 23.2 Å². The minimum atomic E-state index is -0.576. The van der Waals surface area contributed by atoms with Gasteiger partial charge in [-0.05, 0) is 25.0 Å². The molecule has 1 amide bonds. The third-order valence-electron chi connectivity index (χ3n) is 3.55. The van der Waals surface area contributed by atoms with Gasteiger partial charge in [-0.1, -0.05) is 12.1 Å². The highest BCUT2D eigenvalue weighted by Gasteiger charge is 2.25. The monoisotopic (exact) mass is 314 g/mol. The average molecular weight is 314 g/mol. The summed E-state index contributed by atoms with van der Waals surface area (Å²) in [4.78, 5) is 34.2. The van der Waals surface area contributed by atoms with Crippen LogP contribution in [0.25, 0.3) is 0 Å². The minimum absolute atomic E-state index is 0.0916. The van der Waals surface area contributed by atoms with Crippen molar-refractivity contribution >= 4 is 17.3 Å². The van der Waals surface area contributed by atoms with E-state index in [1.165, 1.54) is 24.3 Å². The Labute approximate surface area is 130 Å². The zero-order chi connectivity index (χ0) is 16.4. The Morgan fingerprint density at radius 3 is 2.74 bits per heavy atom. The van der Waals surface area contributed by atoms with E-state index in [9.17, 15) is 19.7 Å². The van der Waals surface area contributed by atoms with E-state index in [2.05, 4.69) is 10.4 Å². The minimum Gasteiger partial charge on any atom is -0.319 e. The van der Waals surface area contributed by atoms with Gasteiger partial charge in [0.15, 0.2) is 0 Å². The standard InChI is InChI=1S/C15H14N4O4/c20-14(16-12-3-1-2-4-13(12)19(22)23)9-18-15(21)8-7-11(17-18)10-5-6-10/h1-4,7-8,10H,5-6,9H2,(H,16,20). The first-order valence-corrected chi connectivity index (χ1v) is 7.16. The van der Waals surface area contributed by atoms with Crippen molar-refractivity contribution in [3.63, 3.8) is 0 Å². The second-order valence-corrected chi connectivity index (χ2v) is 5.35. The molecule has 2 aromatic rings. The van der Waals surface area contributed by atoms with E-state index in [-0.39, 0.29) is 23.5 Å². The first kappa shape index (κ1) is 14.9. The molecule has 0 bridgehead atoms. The molecule has 1 aliphatic rings. The lowest BCUT2D eigenvalue weighted by Gasteiger charge is -2.08. The number of aromatic nitrogens is 2. The van der Waals surface area contributed by atoms with E-state index in [1.807, 2.05) is 0 Å². The van der Waals surface area contributed by atoms with Crippen molar-refractivity contribution in [3.05, 3.63) is 62.6 Å². The second-order valence-electron chi connectivity index (χ2n) is 5.35. The van der Waals surface area contributed by atoms with Crippen LogP contribution < -0.4 is 10.9 Å². The number of anilines is 1. The predicted molar refractivity (Wildman–Crippen MR) is 82.2 cm³/mol. The van der Waals surface area contributed by atoms with Crippen molar-refractivity contribution in [1.29, 1.82) is 0 Å². The van der Waals surface area contributed by atoms with Gasteiger partial charge in [-0.3, -0.25) is 19.7 Å². The molecule has 1 heterocycles. The maximum Gasteiger partial charge on any atom is 0.292 e. The summed E-state index contributed by atoms with van der Waals surface area (Å²) in [5, 5.41) is 17.6. The van der Waals surface area contributed by atoms with Gasteiger partial charge in [0.1, 0.15) is 12.2 Å². The third kappa shape index (κ3) is 3.42. The first-order chi connectivity index (χ1) is 11.0. The molecule has 0 aliphatic heterocycles. The van der Waals surface area contributed by atoms with Gasteiger partial charge in [0.2, 0.25) is 5.91 Å². The Balaban J connectivity index is 1.76. The molecule has 1 fully saturated rings. The molecule has 0 atom stereocenters. The van der Waals surface area contributed by atoms with Gasteiger partial charge >= 0.3 is 0 Å². The normalized spacial score (nSPS) is 13.6. The van der Waals surface area contributed by atoms with Crippen molar-refractivity contribution in [2.24, 2.45) is 0 Å². The summed E-state index contributed by atoms with van der Waals surface area (Å²) in [7, 11) is 0. The van der Waals surface area contributed by atoms with Gasteiger partial charge in [-0.25, -0.2) is 4.68 Å². The van der Waals surface area contributed by atoms with E-state index < -0.39 is 10.8 Å². The van der Waals surface area contributed by atoms with Crippen LogP contribution in [0.15, 0.2) is 41.2 Å². The average Bonchev–Trinajstić information content (AvgIpc) is 3.34. The predicted octanol–water partition coefficient (Wildman–Crippen LogP) is 1.67. The van der Waals surface area contributed by atoms with Crippen molar-refractivity contribution in [1.82, 2.24) is 9.78 Å². The molecule has 23 heavy (non-hydrogen) atoms. The van der Waals surface area contributed by atoms with Crippen molar-refractivity contribution in [3.8, 4) is 0 Å². The molecule has 118 valence electrons. The lowest BCUT2D eigenvalue weighted by molar-refractivity contribution is -0.383. The van der Waals surface area contributed by atoms with E-state index in [4.69, 9.17) is 0 Å². The van der Waals surface area contributed by atoms with Crippen LogP contribution in [0.1, 0.15) is 24.5 Å². The molecule has 0 radical (unpaired) electrons. The number of benzene rings is 1. The Kier molecular flexibility index (Phi) is 3.88. The molecule has 0 saturated heterocycles. The number of para-hydroxylation sites is 2. The van der Waals surface area contributed by atoms with Gasteiger partial charge in [-0.15, -0.1) is 0 Å². The Morgan fingerprint density at radius 1 is 1.30 bits per heavy atom. The summed E-state index contributed by atoms with van der Waals surface area (Å²) in [5.74, 6) is -0.179. The molecule has 1 saturated carbocycles. The van der Waals surface area contributed by atoms with Gasteiger partial charge in [-0.2, -0.15) is 5.10 Å².